The number of benzene rings is 1. The molecular formula is C14H17BrN2O. The van der Waals surface area contributed by atoms with E-state index in [2.05, 4.69) is 27.8 Å². The van der Waals surface area contributed by atoms with Crippen LogP contribution in [0.4, 0.5) is 0 Å². The van der Waals surface area contributed by atoms with E-state index in [9.17, 15) is 0 Å². The maximum Gasteiger partial charge on any atom is 0.215 e. The van der Waals surface area contributed by atoms with Crippen molar-refractivity contribution in [2.75, 3.05) is 0 Å². The van der Waals surface area contributed by atoms with Crippen molar-refractivity contribution in [3.05, 3.63) is 28.6 Å². The summed E-state index contributed by atoms with van der Waals surface area (Å²) in [5, 5.41) is 0. The molecule has 3 rings (SSSR count). The van der Waals surface area contributed by atoms with Crippen molar-refractivity contribution < 1.29 is 4.42 Å². The third-order valence-corrected chi connectivity index (χ3v) is 4.58. The average Bonchev–Trinajstić information content (AvgIpc) is 2.79. The zero-order chi connectivity index (χ0) is 12.8. The van der Waals surface area contributed by atoms with Crippen LogP contribution in [0.15, 0.2) is 27.1 Å². The predicted octanol–water partition coefficient (Wildman–Crippen LogP) is 3.95. The Morgan fingerprint density at radius 1 is 1.39 bits per heavy atom. The fraction of sp³-hybridized carbons (Fsp3) is 0.500. The lowest BCUT2D eigenvalue weighted by molar-refractivity contribution is 0.209. The van der Waals surface area contributed by atoms with E-state index < -0.39 is 0 Å². The van der Waals surface area contributed by atoms with Gasteiger partial charge in [0.2, 0.25) is 5.89 Å². The second-order valence-corrected chi connectivity index (χ2v) is 6.30. The Balaban J connectivity index is 2.01. The Bertz CT molecular complexity index is 570. The quantitative estimate of drug-likeness (QED) is 0.867. The number of para-hydroxylation sites is 1. The van der Waals surface area contributed by atoms with Crippen molar-refractivity contribution in [2.24, 2.45) is 11.7 Å². The van der Waals surface area contributed by atoms with Crippen molar-refractivity contribution in [3.8, 4) is 0 Å². The Morgan fingerprint density at radius 2 is 2.11 bits per heavy atom. The van der Waals surface area contributed by atoms with Crippen LogP contribution in [0.3, 0.4) is 0 Å². The molecule has 1 aliphatic carbocycles. The minimum atomic E-state index is -0.384. The van der Waals surface area contributed by atoms with Gasteiger partial charge in [-0.05, 0) is 59.7 Å². The van der Waals surface area contributed by atoms with E-state index >= 15 is 0 Å². The Kier molecular flexibility index (Phi) is 2.94. The summed E-state index contributed by atoms with van der Waals surface area (Å²) >= 11 is 3.49. The van der Waals surface area contributed by atoms with Gasteiger partial charge in [-0.3, -0.25) is 0 Å². The summed E-state index contributed by atoms with van der Waals surface area (Å²) in [6, 6.07) is 5.89. The van der Waals surface area contributed by atoms with E-state index in [1.807, 2.05) is 18.2 Å². The third-order valence-electron chi connectivity index (χ3n) is 3.96. The number of hydrogen-bond donors (Lipinski definition) is 1. The van der Waals surface area contributed by atoms with Crippen molar-refractivity contribution in [3.63, 3.8) is 0 Å². The Hall–Kier alpha value is -0.870. The molecule has 0 saturated heterocycles. The number of nitrogens with zero attached hydrogens (tertiary/aromatic N) is 1. The number of hydrogen-bond acceptors (Lipinski definition) is 3. The average molecular weight is 309 g/mol. The molecule has 0 bridgehead atoms. The highest BCUT2D eigenvalue weighted by Gasteiger charge is 2.36. The smallest absolute Gasteiger partial charge is 0.215 e. The molecule has 2 N–H and O–H groups in total. The minimum absolute atomic E-state index is 0.384. The van der Waals surface area contributed by atoms with Crippen molar-refractivity contribution in [1.29, 1.82) is 0 Å². The van der Waals surface area contributed by atoms with Gasteiger partial charge in [-0.1, -0.05) is 13.0 Å². The molecule has 0 spiro atoms. The molecule has 2 aromatic rings. The number of nitrogens with two attached hydrogens (primary N) is 1. The van der Waals surface area contributed by atoms with Crippen LogP contribution in [0, 0.1) is 5.92 Å². The number of rotatable bonds is 1. The largest absolute Gasteiger partial charge is 0.437 e. The number of halogens is 1. The molecule has 1 aliphatic rings. The molecule has 18 heavy (non-hydrogen) atoms. The van der Waals surface area contributed by atoms with E-state index in [0.29, 0.717) is 5.89 Å². The van der Waals surface area contributed by atoms with Crippen molar-refractivity contribution in [2.45, 2.75) is 38.1 Å². The van der Waals surface area contributed by atoms with Crippen LogP contribution in [0.25, 0.3) is 11.1 Å². The summed E-state index contributed by atoms with van der Waals surface area (Å²) in [4.78, 5) is 4.57. The lowest BCUT2D eigenvalue weighted by Gasteiger charge is -2.33. The SMILES string of the molecule is CC1CCC(N)(c2nc3cccc(Br)c3o2)CC1. The Labute approximate surface area is 115 Å². The first-order chi connectivity index (χ1) is 8.58. The van der Waals surface area contributed by atoms with Gasteiger partial charge in [0.15, 0.2) is 5.58 Å². The Morgan fingerprint density at radius 3 is 2.78 bits per heavy atom. The van der Waals surface area contributed by atoms with Gasteiger partial charge in [0, 0.05) is 0 Å². The van der Waals surface area contributed by atoms with Gasteiger partial charge in [0.05, 0.1) is 10.0 Å². The number of fused-ring (bicyclic) bond motifs is 1. The fourth-order valence-corrected chi connectivity index (χ4v) is 3.06. The van der Waals surface area contributed by atoms with Gasteiger partial charge >= 0.3 is 0 Å². The maximum absolute atomic E-state index is 6.48. The van der Waals surface area contributed by atoms with Crippen LogP contribution >= 0.6 is 15.9 Å². The molecule has 0 atom stereocenters. The normalized spacial score (nSPS) is 28.7. The number of aromatic nitrogens is 1. The van der Waals surface area contributed by atoms with Crippen LogP contribution in [-0.4, -0.2) is 4.98 Å². The zero-order valence-corrected chi connectivity index (χ0v) is 12.0. The van der Waals surface area contributed by atoms with E-state index in [0.717, 1.165) is 47.2 Å². The van der Waals surface area contributed by atoms with E-state index in [-0.39, 0.29) is 5.54 Å². The standard InChI is InChI=1S/C14H17BrN2O/c1-9-5-7-14(16,8-6-9)13-17-11-4-2-3-10(15)12(11)18-13/h2-4,9H,5-8,16H2,1H3. The lowest BCUT2D eigenvalue weighted by atomic mass is 9.78. The highest BCUT2D eigenvalue weighted by atomic mass is 79.9. The first-order valence-corrected chi connectivity index (χ1v) is 7.22. The van der Waals surface area contributed by atoms with E-state index in [4.69, 9.17) is 10.2 Å². The summed E-state index contributed by atoms with van der Waals surface area (Å²) in [6.07, 6.45) is 4.21. The van der Waals surface area contributed by atoms with Crippen molar-refractivity contribution >= 4 is 27.0 Å². The second-order valence-electron chi connectivity index (χ2n) is 5.45. The van der Waals surface area contributed by atoms with Crippen LogP contribution in [0.2, 0.25) is 0 Å². The van der Waals surface area contributed by atoms with Gasteiger partial charge in [-0.25, -0.2) is 4.98 Å². The number of oxazole rings is 1. The van der Waals surface area contributed by atoms with Crippen LogP contribution < -0.4 is 5.73 Å². The summed E-state index contributed by atoms with van der Waals surface area (Å²) in [7, 11) is 0. The second kappa shape index (κ2) is 4.35. The van der Waals surface area contributed by atoms with Crippen molar-refractivity contribution in [1.82, 2.24) is 4.98 Å². The summed E-state index contributed by atoms with van der Waals surface area (Å²) in [5.74, 6) is 1.45. The first-order valence-electron chi connectivity index (χ1n) is 6.43. The summed E-state index contributed by atoms with van der Waals surface area (Å²) in [6.45, 7) is 2.28. The lowest BCUT2D eigenvalue weighted by Crippen LogP contribution is -2.40. The molecule has 1 heterocycles. The van der Waals surface area contributed by atoms with Gasteiger partial charge < -0.3 is 10.2 Å². The van der Waals surface area contributed by atoms with Gasteiger partial charge in [-0.15, -0.1) is 0 Å². The summed E-state index contributed by atoms with van der Waals surface area (Å²) in [5.41, 5.74) is 7.78. The van der Waals surface area contributed by atoms with Crippen LogP contribution in [0.5, 0.6) is 0 Å². The molecule has 96 valence electrons. The molecule has 4 heteroatoms. The first kappa shape index (κ1) is 12.2. The van der Waals surface area contributed by atoms with E-state index in [1.54, 1.807) is 0 Å². The highest BCUT2D eigenvalue weighted by Crippen LogP contribution is 2.38. The molecular weight excluding hydrogens is 292 g/mol. The van der Waals surface area contributed by atoms with Crippen LogP contribution in [0.1, 0.15) is 38.5 Å². The monoisotopic (exact) mass is 308 g/mol. The van der Waals surface area contributed by atoms with Gasteiger partial charge in [0.1, 0.15) is 5.52 Å². The highest BCUT2D eigenvalue weighted by molar-refractivity contribution is 9.10. The van der Waals surface area contributed by atoms with Gasteiger partial charge in [0.25, 0.3) is 0 Å². The molecule has 0 amide bonds. The van der Waals surface area contributed by atoms with E-state index in [1.165, 1.54) is 0 Å². The van der Waals surface area contributed by atoms with Gasteiger partial charge in [-0.2, -0.15) is 0 Å². The summed E-state index contributed by atoms with van der Waals surface area (Å²) < 4.78 is 6.83. The van der Waals surface area contributed by atoms with Crippen LogP contribution in [-0.2, 0) is 5.54 Å². The predicted molar refractivity (Wildman–Crippen MR) is 75.2 cm³/mol. The molecule has 1 aromatic carbocycles. The zero-order valence-electron chi connectivity index (χ0n) is 10.4. The fourth-order valence-electron chi connectivity index (χ4n) is 2.62. The molecule has 0 radical (unpaired) electrons. The molecule has 1 fully saturated rings. The molecule has 1 aromatic heterocycles. The molecule has 0 aliphatic heterocycles. The molecule has 0 unspecified atom stereocenters. The minimum Gasteiger partial charge on any atom is -0.437 e. The topological polar surface area (TPSA) is 52.0 Å². The molecule has 1 saturated carbocycles. The maximum atomic E-state index is 6.48. The third kappa shape index (κ3) is 1.97. The molecule has 3 nitrogen and oxygen atoms in total.